The van der Waals surface area contributed by atoms with E-state index in [2.05, 4.69) is 20.6 Å². The summed E-state index contributed by atoms with van der Waals surface area (Å²) in [6.45, 7) is 3.55. The van der Waals surface area contributed by atoms with E-state index in [1.807, 2.05) is 0 Å². The van der Waals surface area contributed by atoms with Gasteiger partial charge in [-0.05, 0) is 50.2 Å². The van der Waals surface area contributed by atoms with Crippen molar-refractivity contribution in [3.05, 3.63) is 59.9 Å². The number of benzene rings is 2. The van der Waals surface area contributed by atoms with Crippen LogP contribution in [0.5, 0.6) is 11.5 Å². The maximum atomic E-state index is 14.2. The highest BCUT2D eigenvalue weighted by Crippen LogP contribution is 2.36. The fourth-order valence-electron chi connectivity index (χ4n) is 3.00. The van der Waals surface area contributed by atoms with Crippen molar-refractivity contribution in [3.63, 3.8) is 0 Å². The first-order valence-electron chi connectivity index (χ1n) is 9.55. The first kappa shape index (κ1) is 21.0. The van der Waals surface area contributed by atoms with E-state index in [0.717, 1.165) is 12.1 Å². The molecule has 0 saturated carbocycles. The summed E-state index contributed by atoms with van der Waals surface area (Å²) in [6.07, 6.45) is -0.676. The van der Waals surface area contributed by atoms with Crippen molar-refractivity contribution >= 4 is 23.1 Å². The molecule has 2 aromatic heterocycles. The summed E-state index contributed by atoms with van der Waals surface area (Å²) in [5, 5.41) is 15.1. The van der Waals surface area contributed by atoms with Gasteiger partial charge in [0.2, 0.25) is 5.65 Å². The summed E-state index contributed by atoms with van der Waals surface area (Å²) in [5.74, 6) is -1.09. The number of anilines is 2. The number of carbonyl (C=O) groups excluding carboxylic acids is 1. The molecule has 0 atom stereocenters. The third-order valence-corrected chi connectivity index (χ3v) is 4.43. The molecular weight excluding hydrogens is 422 g/mol. The number of nitrogens with zero attached hydrogens (tertiary/aromatic N) is 4. The van der Waals surface area contributed by atoms with Gasteiger partial charge < -0.3 is 15.2 Å². The summed E-state index contributed by atoms with van der Waals surface area (Å²) >= 11 is 0. The van der Waals surface area contributed by atoms with Crippen molar-refractivity contribution in [2.75, 3.05) is 17.7 Å². The summed E-state index contributed by atoms with van der Waals surface area (Å²) in [4.78, 5) is 12.0. The molecule has 0 aliphatic heterocycles. The van der Waals surface area contributed by atoms with Crippen molar-refractivity contribution in [1.82, 2.24) is 19.8 Å². The number of hydrogen-bond acceptors (Lipinski definition) is 7. The van der Waals surface area contributed by atoms with Gasteiger partial charge >= 0.3 is 6.09 Å². The first-order chi connectivity index (χ1) is 15.4. The summed E-state index contributed by atoms with van der Waals surface area (Å²) in [6, 6.07) is 9.22. The highest BCUT2D eigenvalue weighted by atomic mass is 19.1. The Morgan fingerprint density at radius 2 is 1.91 bits per heavy atom. The number of aromatic nitrogens is 4. The van der Waals surface area contributed by atoms with Crippen LogP contribution >= 0.6 is 0 Å². The zero-order valence-corrected chi connectivity index (χ0v) is 17.1. The summed E-state index contributed by atoms with van der Waals surface area (Å²) < 4.78 is 39.5. The number of nitrogen functional groups attached to an aromatic ring is 1. The highest BCUT2D eigenvalue weighted by molar-refractivity contribution is 5.91. The zero-order valence-electron chi connectivity index (χ0n) is 17.1. The standard InChI is InChI=1S/C21H18F2N6O3/c1-3-31-21(30)25-17-10-16(28-29-11(2)26-27-20(17)29)14-9-13(24)5-7-18(14)32-19-6-4-12(22)8-15(19)23/h4-10H,3,24H2,1-2H3,(H,25,30). The molecule has 0 spiro atoms. The molecule has 2 heterocycles. The number of nitrogens with one attached hydrogen (secondary N) is 1. The molecule has 1 amide bonds. The SMILES string of the molecule is CCOC(=O)Nc1cc(-c2cc(N)ccc2Oc2ccc(F)cc2F)nn2c(C)nnc12. The number of hydrogen-bond donors (Lipinski definition) is 2. The molecule has 11 heteroatoms. The Bertz CT molecular complexity index is 1320. The van der Waals surface area contributed by atoms with E-state index in [1.54, 1.807) is 32.0 Å². The molecule has 4 aromatic rings. The number of aryl methyl sites for hydroxylation is 1. The van der Waals surface area contributed by atoms with E-state index in [4.69, 9.17) is 15.2 Å². The van der Waals surface area contributed by atoms with Crippen LogP contribution in [0.3, 0.4) is 0 Å². The van der Waals surface area contributed by atoms with E-state index in [1.165, 1.54) is 16.6 Å². The second-order valence-electron chi connectivity index (χ2n) is 6.70. The lowest BCUT2D eigenvalue weighted by Gasteiger charge is -2.14. The lowest BCUT2D eigenvalue weighted by molar-refractivity contribution is 0.168. The van der Waals surface area contributed by atoms with Gasteiger partial charge in [-0.25, -0.2) is 13.6 Å². The molecule has 0 saturated heterocycles. The van der Waals surface area contributed by atoms with Crippen LogP contribution < -0.4 is 15.8 Å². The van der Waals surface area contributed by atoms with E-state index >= 15 is 0 Å². The van der Waals surface area contributed by atoms with Crippen LogP contribution in [0.25, 0.3) is 16.9 Å². The smallest absolute Gasteiger partial charge is 0.411 e. The van der Waals surface area contributed by atoms with Crippen LogP contribution in [0.2, 0.25) is 0 Å². The number of carbonyl (C=O) groups is 1. The van der Waals surface area contributed by atoms with Gasteiger partial charge in [-0.15, -0.1) is 10.2 Å². The average molecular weight is 440 g/mol. The van der Waals surface area contributed by atoms with Gasteiger partial charge in [0.1, 0.15) is 11.6 Å². The van der Waals surface area contributed by atoms with E-state index in [-0.39, 0.29) is 23.8 Å². The fraction of sp³-hybridized carbons (Fsp3) is 0.143. The molecule has 2 aromatic carbocycles. The van der Waals surface area contributed by atoms with Crippen molar-refractivity contribution < 1.29 is 23.0 Å². The molecule has 0 bridgehead atoms. The number of amides is 1. The van der Waals surface area contributed by atoms with Gasteiger partial charge in [0.25, 0.3) is 0 Å². The molecule has 164 valence electrons. The van der Waals surface area contributed by atoms with Crippen LogP contribution in [0.15, 0.2) is 42.5 Å². The number of fused-ring (bicyclic) bond motifs is 1. The van der Waals surface area contributed by atoms with Crippen molar-refractivity contribution in [1.29, 1.82) is 0 Å². The Kier molecular flexibility index (Phi) is 5.54. The van der Waals surface area contributed by atoms with Gasteiger partial charge in [-0.3, -0.25) is 5.32 Å². The Balaban J connectivity index is 1.84. The van der Waals surface area contributed by atoms with Gasteiger partial charge in [0, 0.05) is 17.3 Å². The monoisotopic (exact) mass is 440 g/mol. The van der Waals surface area contributed by atoms with Gasteiger partial charge in [-0.2, -0.15) is 9.61 Å². The van der Waals surface area contributed by atoms with Gasteiger partial charge in [0.05, 0.1) is 18.0 Å². The first-order valence-corrected chi connectivity index (χ1v) is 9.55. The number of rotatable bonds is 5. The molecule has 0 fully saturated rings. The largest absolute Gasteiger partial charge is 0.454 e. The Morgan fingerprint density at radius 1 is 1.12 bits per heavy atom. The van der Waals surface area contributed by atoms with E-state index < -0.39 is 17.7 Å². The number of nitrogens with two attached hydrogens (primary N) is 1. The van der Waals surface area contributed by atoms with E-state index in [9.17, 15) is 13.6 Å². The maximum absolute atomic E-state index is 14.2. The minimum absolute atomic E-state index is 0.177. The molecule has 0 aliphatic rings. The molecule has 3 N–H and O–H groups in total. The molecule has 32 heavy (non-hydrogen) atoms. The normalized spacial score (nSPS) is 10.9. The highest BCUT2D eigenvalue weighted by Gasteiger charge is 2.18. The Hall–Kier alpha value is -4.28. The predicted molar refractivity (Wildman–Crippen MR) is 112 cm³/mol. The van der Waals surface area contributed by atoms with Crippen LogP contribution in [-0.2, 0) is 4.74 Å². The minimum Gasteiger partial charge on any atom is -0.454 e. The third-order valence-electron chi connectivity index (χ3n) is 4.43. The lowest BCUT2D eigenvalue weighted by atomic mass is 10.1. The van der Waals surface area contributed by atoms with Crippen molar-refractivity contribution in [2.45, 2.75) is 13.8 Å². The van der Waals surface area contributed by atoms with Gasteiger partial charge in [-0.1, -0.05) is 0 Å². The fourth-order valence-corrected chi connectivity index (χ4v) is 3.00. The number of ether oxygens (including phenoxy) is 2. The third kappa shape index (κ3) is 4.13. The van der Waals surface area contributed by atoms with E-state index in [0.29, 0.717) is 28.4 Å². The Labute approximate surface area is 180 Å². The van der Waals surface area contributed by atoms with Gasteiger partial charge in [0.15, 0.2) is 17.4 Å². The van der Waals surface area contributed by atoms with Crippen LogP contribution in [0.1, 0.15) is 12.7 Å². The molecule has 4 rings (SSSR count). The van der Waals surface area contributed by atoms with Crippen molar-refractivity contribution in [2.24, 2.45) is 0 Å². The summed E-state index contributed by atoms with van der Waals surface area (Å²) in [7, 11) is 0. The second kappa shape index (κ2) is 8.46. The zero-order chi connectivity index (χ0) is 22.8. The molecule has 0 aliphatic carbocycles. The van der Waals surface area contributed by atoms with Crippen LogP contribution in [-0.4, -0.2) is 32.5 Å². The van der Waals surface area contributed by atoms with Crippen LogP contribution in [0.4, 0.5) is 25.0 Å². The molecule has 0 unspecified atom stereocenters. The minimum atomic E-state index is -0.865. The second-order valence-corrected chi connectivity index (χ2v) is 6.70. The van der Waals surface area contributed by atoms with Crippen molar-refractivity contribution in [3.8, 4) is 22.8 Å². The average Bonchev–Trinajstić information content (AvgIpc) is 3.12. The topological polar surface area (TPSA) is 117 Å². The predicted octanol–water partition coefficient (Wildman–Crippen LogP) is 4.32. The maximum Gasteiger partial charge on any atom is 0.411 e. The molecule has 0 radical (unpaired) electrons. The Morgan fingerprint density at radius 3 is 2.66 bits per heavy atom. The summed E-state index contributed by atoms with van der Waals surface area (Å²) in [5.41, 5.74) is 7.68. The quantitative estimate of drug-likeness (QED) is 0.444. The van der Waals surface area contributed by atoms with Crippen LogP contribution in [0, 0.1) is 18.6 Å². The molecule has 9 nitrogen and oxygen atoms in total. The lowest BCUT2D eigenvalue weighted by Crippen LogP contribution is -2.15. The molecular formula is C21H18F2N6O3. The number of halogens is 2.